The average molecular weight is 273 g/mol. The Labute approximate surface area is 105 Å². The molecule has 0 aromatic carbocycles. The molecule has 0 bridgehead atoms. The highest BCUT2D eigenvalue weighted by molar-refractivity contribution is 7.90. The number of carbonyl (C=O) groups is 1. The second kappa shape index (κ2) is 5.89. The number of amides is 1. The maximum Gasteiger partial charge on any atom is 0.254 e. The van der Waals surface area contributed by atoms with E-state index < -0.39 is 21.8 Å². The number of nitrogens with zero attached hydrogens (tertiary/aromatic N) is 1. The summed E-state index contributed by atoms with van der Waals surface area (Å²) in [5.74, 6) is -0.408. The number of pyridine rings is 1. The number of nitrogens with one attached hydrogen (secondary N) is 1. The third-order valence-corrected chi connectivity index (χ3v) is 3.18. The minimum Gasteiger partial charge on any atom is -0.370 e. The van der Waals surface area contributed by atoms with E-state index in [1.807, 2.05) is 0 Å². The molecule has 7 nitrogen and oxygen atoms in total. The van der Waals surface area contributed by atoms with Crippen molar-refractivity contribution in [1.82, 2.24) is 4.98 Å². The molecule has 0 radical (unpaired) electrons. The fourth-order valence-corrected chi connectivity index (χ4v) is 1.77. The minimum atomic E-state index is -3.34. The Balaban J connectivity index is 2.79. The van der Waals surface area contributed by atoms with E-state index in [0.29, 0.717) is 5.69 Å². The van der Waals surface area contributed by atoms with Gasteiger partial charge in [-0.25, -0.2) is 13.4 Å². The first-order chi connectivity index (χ1) is 8.38. The number of carbonyl (C=O) groups excluding carboxylic acids is 1. The molecule has 1 unspecified atom stereocenters. The van der Waals surface area contributed by atoms with Crippen molar-refractivity contribution in [3.8, 4) is 0 Å². The molecule has 1 aromatic heterocycles. The molecule has 1 heterocycles. The summed E-state index contributed by atoms with van der Waals surface area (Å²) < 4.78 is 27.2. The van der Waals surface area contributed by atoms with Crippen molar-refractivity contribution in [2.45, 2.75) is 11.1 Å². The second-order valence-corrected chi connectivity index (χ2v) is 5.57. The Hall–Kier alpha value is -1.51. The molecule has 100 valence electrons. The van der Waals surface area contributed by atoms with Gasteiger partial charge < -0.3 is 15.8 Å². The van der Waals surface area contributed by atoms with Crippen LogP contribution >= 0.6 is 0 Å². The molecule has 1 rings (SSSR count). The Morgan fingerprint density at radius 3 is 2.61 bits per heavy atom. The number of aromatic nitrogens is 1. The SMILES string of the molecule is COC(CN)C(=O)Nc1ccc(S(C)(=O)=O)nc1. The van der Waals surface area contributed by atoms with E-state index in [1.54, 1.807) is 0 Å². The van der Waals surface area contributed by atoms with Gasteiger partial charge in [-0.1, -0.05) is 0 Å². The zero-order valence-electron chi connectivity index (χ0n) is 10.1. The quantitative estimate of drug-likeness (QED) is 0.740. The maximum absolute atomic E-state index is 11.6. The minimum absolute atomic E-state index is 0.0528. The lowest BCUT2D eigenvalue weighted by molar-refractivity contribution is -0.125. The van der Waals surface area contributed by atoms with Crippen molar-refractivity contribution < 1.29 is 17.9 Å². The maximum atomic E-state index is 11.6. The van der Waals surface area contributed by atoms with Crippen LogP contribution in [-0.4, -0.2) is 45.3 Å². The molecule has 0 aliphatic carbocycles. The highest BCUT2D eigenvalue weighted by atomic mass is 32.2. The lowest BCUT2D eigenvalue weighted by Crippen LogP contribution is -2.35. The highest BCUT2D eigenvalue weighted by Gasteiger charge is 2.16. The van der Waals surface area contributed by atoms with Gasteiger partial charge in [0.15, 0.2) is 14.9 Å². The van der Waals surface area contributed by atoms with E-state index >= 15 is 0 Å². The van der Waals surface area contributed by atoms with E-state index in [0.717, 1.165) is 6.26 Å². The van der Waals surface area contributed by atoms with Gasteiger partial charge in [-0.05, 0) is 12.1 Å². The number of ether oxygens (including phenoxy) is 1. The molecular weight excluding hydrogens is 258 g/mol. The fraction of sp³-hybridized carbons (Fsp3) is 0.400. The molecule has 0 aliphatic heterocycles. The van der Waals surface area contributed by atoms with Crippen LogP contribution in [0.25, 0.3) is 0 Å². The van der Waals surface area contributed by atoms with Gasteiger partial charge in [0, 0.05) is 19.9 Å². The van der Waals surface area contributed by atoms with Crippen molar-refractivity contribution in [2.24, 2.45) is 5.73 Å². The van der Waals surface area contributed by atoms with Crippen LogP contribution in [0.5, 0.6) is 0 Å². The average Bonchev–Trinajstić information content (AvgIpc) is 2.30. The van der Waals surface area contributed by atoms with Gasteiger partial charge >= 0.3 is 0 Å². The fourth-order valence-electron chi connectivity index (χ4n) is 1.21. The number of methoxy groups -OCH3 is 1. The summed E-state index contributed by atoms with van der Waals surface area (Å²) in [7, 11) is -1.97. The van der Waals surface area contributed by atoms with Crippen LogP contribution < -0.4 is 11.1 Å². The highest BCUT2D eigenvalue weighted by Crippen LogP contribution is 2.10. The first-order valence-electron chi connectivity index (χ1n) is 5.08. The summed E-state index contributed by atoms with van der Waals surface area (Å²) in [6.07, 6.45) is 1.57. The van der Waals surface area contributed by atoms with Gasteiger partial charge in [-0.15, -0.1) is 0 Å². The third kappa shape index (κ3) is 3.76. The van der Waals surface area contributed by atoms with Gasteiger partial charge in [0.25, 0.3) is 5.91 Å². The van der Waals surface area contributed by atoms with Crippen LogP contribution in [0.2, 0.25) is 0 Å². The molecule has 1 atom stereocenters. The molecule has 1 aromatic rings. The molecular formula is C10H15N3O4S. The largest absolute Gasteiger partial charge is 0.370 e. The molecule has 8 heteroatoms. The first-order valence-corrected chi connectivity index (χ1v) is 6.97. The Kier molecular flexibility index (Phi) is 4.76. The van der Waals surface area contributed by atoms with Crippen LogP contribution in [0.1, 0.15) is 0 Å². The summed E-state index contributed by atoms with van der Waals surface area (Å²) in [5.41, 5.74) is 5.72. The van der Waals surface area contributed by atoms with E-state index in [1.165, 1.54) is 25.4 Å². The molecule has 0 aliphatic rings. The Morgan fingerprint density at radius 2 is 2.22 bits per heavy atom. The number of rotatable bonds is 5. The summed E-state index contributed by atoms with van der Waals surface area (Å²) in [4.78, 5) is 15.3. The topological polar surface area (TPSA) is 111 Å². The van der Waals surface area contributed by atoms with Crippen LogP contribution in [0.3, 0.4) is 0 Å². The second-order valence-electron chi connectivity index (χ2n) is 3.61. The lowest BCUT2D eigenvalue weighted by Gasteiger charge is -2.12. The molecule has 18 heavy (non-hydrogen) atoms. The van der Waals surface area contributed by atoms with Crippen molar-refractivity contribution in [3.05, 3.63) is 18.3 Å². The van der Waals surface area contributed by atoms with Crippen molar-refractivity contribution in [1.29, 1.82) is 0 Å². The summed E-state index contributed by atoms with van der Waals surface area (Å²) in [6, 6.07) is 2.76. The predicted molar refractivity (Wildman–Crippen MR) is 65.8 cm³/mol. The van der Waals surface area contributed by atoms with E-state index in [2.05, 4.69) is 10.3 Å². The van der Waals surface area contributed by atoms with Crippen LogP contribution in [0.4, 0.5) is 5.69 Å². The molecule has 1 amide bonds. The van der Waals surface area contributed by atoms with Gasteiger partial charge in [-0.2, -0.15) is 0 Å². The van der Waals surface area contributed by atoms with Gasteiger partial charge in [0.1, 0.15) is 6.10 Å². The molecule has 3 N–H and O–H groups in total. The summed E-state index contributed by atoms with van der Waals surface area (Å²) in [5, 5.41) is 2.47. The smallest absolute Gasteiger partial charge is 0.254 e. The lowest BCUT2D eigenvalue weighted by atomic mass is 10.3. The summed E-state index contributed by atoms with van der Waals surface area (Å²) in [6.45, 7) is 0.0528. The van der Waals surface area contributed by atoms with Crippen molar-refractivity contribution in [3.63, 3.8) is 0 Å². The van der Waals surface area contributed by atoms with E-state index in [4.69, 9.17) is 10.5 Å². The molecule has 0 saturated carbocycles. The van der Waals surface area contributed by atoms with Gasteiger partial charge in [-0.3, -0.25) is 4.79 Å². The number of anilines is 1. The van der Waals surface area contributed by atoms with E-state index in [-0.39, 0.29) is 11.6 Å². The van der Waals surface area contributed by atoms with Crippen LogP contribution in [-0.2, 0) is 19.4 Å². The van der Waals surface area contributed by atoms with Gasteiger partial charge in [0.2, 0.25) is 0 Å². The van der Waals surface area contributed by atoms with Crippen molar-refractivity contribution in [2.75, 3.05) is 25.2 Å². The zero-order valence-corrected chi connectivity index (χ0v) is 10.9. The van der Waals surface area contributed by atoms with Crippen molar-refractivity contribution >= 4 is 21.4 Å². The number of nitrogens with two attached hydrogens (primary N) is 1. The zero-order chi connectivity index (χ0) is 13.8. The number of sulfone groups is 1. The third-order valence-electron chi connectivity index (χ3n) is 2.17. The predicted octanol–water partition coefficient (Wildman–Crippen LogP) is -0.603. The summed E-state index contributed by atoms with van der Waals surface area (Å²) >= 11 is 0. The Morgan fingerprint density at radius 1 is 1.56 bits per heavy atom. The molecule has 0 spiro atoms. The Bertz CT molecular complexity index is 508. The van der Waals surface area contributed by atoms with E-state index in [9.17, 15) is 13.2 Å². The number of hydrogen-bond acceptors (Lipinski definition) is 6. The first kappa shape index (κ1) is 14.6. The molecule has 0 saturated heterocycles. The van der Waals surface area contributed by atoms with Crippen LogP contribution in [0, 0.1) is 0 Å². The normalized spacial score (nSPS) is 13.1. The molecule has 0 fully saturated rings. The van der Waals surface area contributed by atoms with Gasteiger partial charge in [0.05, 0.1) is 11.9 Å². The van der Waals surface area contributed by atoms with Crippen LogP contribution in [0.15, 0.2) is 23.4 Å². The standard InChI is InChI=1S/C10H15N3O4S/c1-17-8(5-11)10(14)13-7-3-4-9(12-6-7)18(2,15)16/h3-4,6,8H,5,11H2,1-2H3,(H,13,14). The number of hydrogen-bond donors (Lipinski definition) is 2. The monoisotopic (exact) mass is 273 g/mol.